The van der Waals surface area contributed by atoms with Crippen LogP contribution in [-0.4, -0.2) is 27.4 Å². The summed E-state index contributed by atoms with van der Waals surface area (Å²) >= 11 is 0. The molecule has 5 heteroatoms. The van der Waals surface area contributed by atoms with Gasteiger partial charge in [0.1, 0.15) is 0 Å². The molecule has 14 heavy (non-hydrogen) atoms. The van der Waals surface area contributed by atoms with Gasteiger partial charge in [0.25, 0.3) is 0 Å². The normalized spacial score (nSPS) is 20.5. The lowest BCUT2D eigenvalue weighted by Gasteiger charge is -2.21. The van der Waals surface area contributed by atoms with E-state index < -0.39 is 5.97 Å². The Bertz CT molecular complexity index is 359. The van der Waals surface area contributed by atoms with E-state index in [1.54, 1.807) is 0 Å². The summed E-state index contributed by atoms with van der Waals surface area (Å²) in [5, 5.41) is 15.3. The summed E-state index contributed by atoms with van der Waals surface area (Å²) in [6.07, 6.45) is 1.66. The van der Waals surface area contributed by atoms with E-state index >= 15 is 0 Å². The number of fused-ring (bicyclic) bond motifs is 1. The molecule has 0 bridgehead atoms. The van der Waals surface area contributed by atoms with Gasteiger partial charge >= 0.3 is 5.97 Å². The number of carboxylic acids is 1. The molecule has 2 heterocycles. The average molecular weight is 196 g/mol. The fourth-order valence-corrected chi connectivity index (χ4v) is 1.67. The van der Waals surface area contributed by atoms with Crippen LogP contribution in [0, 0.1) is 0 Å². The van der Waals surface area contributed by atoms with Gasteiger partial charge in [-0.25, -0.2) is 4.79 Å². The highest BCUT2D eigenvalue weighted by Gasteiger charge is 2.25. The molecule has 1 aromatic rings. The van der Waals surface area contributed by atoms with E-state index in [0.717, 1.165) is 17.7 Å². The number of ether oxygens (including phenoxy) is 1. The molecule has 1 aliphatic heterocycles. The van der Waals surface area contributed by atoms with Crippen LogP contribution >= 0.6 is 0 Å². The van der Waals surface area contributed by atoms with Crippen molar-refractivity contribution in [3.05, 3.63) is 17.0 Å². The van der Waals surface area contributed by atoms with E-state index in [-0.39, 0.29) is 11.8 Å². The van der Waals surface area contributed by atoms with Crippen LogP contribution in [0.15, 0.2) is 0 Å². The monoisotopic (exact) mass is 196 g/mol. The van der Waals surface area contributed by atoms with Gasteiger partial charge in [-0.1, -0.05) is 6.92 Å². The number of aromatic carboxylic acids is 1. The Hall–Kier alpha value is -1.36. The van der Waals surface area contributed by atoms with Crippen molar-refractivity contribution in [2.24, 2.45) is 0 Å². The number of nitrogens with one attached hydrogen (secondary N) is 1. The molecular weight excluding hydrogens is 184 g/mol. The van der Waals surface area contributed by atoms with E-state index in [0.29, 0.717) is 13.0 Å². The Kier molecular flexibility index (Phi) is 2.25. The zero-order valence-corrected chi connectivity index (χ0v) is 7.91. The quantitative estimate of drug-likeness (QED) is 0.738. The molecule has 0 aliphatic carbocycles. The smallest absolute Gasteiger partial charge is 0.356 e. The standard InChI is InChI=1S/C9H12N2O3/c1-2-5-3-6-7(4-14-5)10-11-8(6)9(12)13/h5H,2-4H2,1H3,(H,10,11)(H,12,13). The molecule has 2 rings (SSSR count). The number of nitrogens with zero attached hydrogens (tertiary/aromatic N) is 1. The summed E-state index contributed by atoms with van der Waals surface area (Å²) in [4.78, 5) is 10.8. The molecule has 1 atom stereocenters. The number of hydrogen-bond donors (Lipinski definition) is 2. The van der Waals surface area contributed by atoms with E-state index in [9.17, 15) is 4.79 Å². The molecule has 2 N–H and O–H groups in total. The van der Waals surface area contributed by atoms with Crippen LogP contribution in [0.4, 0.5) is 0 Å². The Balaban J connectivity index is 2.32. The Labute approximate surface area is 81.1 Å². The number of H-pyrrole nitrogens is 1. The number of carboxylic acid groups (broad SMARTS) is 1. The molecule has 0 saturated heterocycles. The lowest BCUT2D eigenvalue weighted by atomic mass is 10.0. The summed E-state index contributed by atoms with van der Waals surface area (Å²) in [6, 6.07) is 0. The van der Waals surface area contributed by atoms with Crippen molar-refractivity contribution >= 4 is 5.97 Å². The highest BCUT2D eigenvalue weighted by atomic mass is 16.5. The number of aromatic amines is 1. The lowest BCUT2D eigenvalue weighted by Crippen LogP contribution is -2.22. The van der Waals surface area contributed by atoms with Gasteiger partial charge in [-0.2, -0.15) is 5.10 Å². The van der Waals surface area contributed by atoms with Crippen molar-refractivity contribution < 1.29 is 14.6 Å². The van der Waals surface area contributed by atoms with Crippen LogP contribution in [0.5, 0.6) is 0 Å². The van der Waals surface area contributed by atoms with Gasteiger partial charge < -0.3 is 9.84 Å². The molecule has 5 nitrogen and oxygen atoms in total. The van der Waals surface area contributed by atoms with Gasteiger partial charge in [-0.15, -0.1) is 0 Å². The summed E-state index contributed by atoms with van der Waals surface area (Å²) in [7, 11) is 0. The van der Waals surface area contributed by atoms with Gasteiger partial charge in [0.15, 0.2) is 5.69 Å². The first kappa shape index (κ1) is 9.21. The Morgan fingerprint density at radius 3 is 3.21 bits per heavy atom. The second kappa shape index (κ2) is 3.42. The number of hydrogen-bond acceptors (Lipinski definition) is 3. The average Bonchev–Trinajstić information content (AvgIpc) is 2.59. The maximum atomic E-state index is 10.8. The molecule has 1 aromatic heterocycles. The first-order chi connectivity index (χ1) is 6.72. The largest absolute Gasteiger partial charge is 0.476 e. The third-order valence-corrected chi connectivity index (χ3v) is 2.51. The molecule has 1 unspecified atom stereocenters. The number of rotatable bonds is 2. The summed E-state index contributed by atoms with van der Waals surface area (Å²) in [5.41, 5.74) is 1.74. The fraction of sp³-hybridized carbons (Fsp3) is 0.556. The van der Waals surface area contributed by atoms with Crippen LogP contribution < -0.4 is 0 Å². The van der Waals surface area contributed by atoms with E-state index in [1.165, 1.54) is 0 Å². The molecule has 76 valence electrons. The second-order valence-electron chi connectivity index (χ2n) is 3.38. The molecule has 0 radical (unpaired) electrons. The SMILES string of the molecule is CCC1Cc2c(C(=O)O)n[nH]c2CO1. The van der Waals surface area contributed by atoms with Gasteiger partial charge in [0.05, 0.1) is 18.4 Å². The maximum Gasteiger partial charge on any atom is 0.356 e. The van der Waals surface area contributed by atoms with Crippen molar-refractivity contribution in [2.75, 3.05) is 0 Å². The van der Waals surface area contributed by atoms with Crippen LogP contribution in [0.2, 0.25) is 0 Å². The molecule has 0 saturated carbocycles. The highest BCUT2D eigenvalue weighted by molar-refractivity contribution is 5.87. The predicted molar refractivity (Wildman–Crippen MR) is 48.1 cm³/mol. The Morgan fingerprint density at radius 1 is 1.79 bits per heavy atom. The van der Waals surface area contributed by atoms with Crippen LogP contribution in [-0.2, 0) is 17.8 Å². The van der Waals surface area contributed by atoms with Crippen LogP contribution in [0.1, 0.15) is 35.1 Å². The van der Waals surface area contributed by atoms with Crippen molar-refractivity contribution in [3.63, 3.8) is 0 Å². The third kappa shape index (κ3) is 1.39. The summed E-state index contributed by atoms with van der Waals surface area (Å²) in [6.45, 7) is 2.46. The van der Waals surface area contributed by atoms with Crippen molar-refractivity contribution in [1.29, 1.82) is 0 Å². The van der Waals surface area contributed by atoms with Gasteiger partial charge in [-0.05, 0) is 6.42 Å². The summed E-state index contributed by atoms with van der Waals surface area (Å²) < 4.78 is 5.48. The van der Waals surface area contributed by atoms with Crippen LogP contribution in [0.25, 0.3) is 0 Å². The first-order valence-corrected chi connectivity index (χ1v) is 4.63. The minimum Gasteiger partial charge on any atom is -0.476 e. The number of aromatic nitrogens is 2. The van der Waals surface area contributed by atoms with Gasteiger partial charge in [0, 0.05) is 12.0 Å². The van der Waals surface area contributed by atoms with E-state index in [2.05, 4.69) is 10.2 Å². The molecule has 1 aliphatic rings. The highest BCUT2D eigenvalue weighted by Crippen LogP contribution is 2.23. The molecule has 0 amide bonds. The minimum absolute atomic E-state index is 0.123. The predicted octanol–water partition coefficient (Wildman–Crippen LogP) is 0.959. The lowest BCUT2D eigenvalue weighted by molar-refractivity contribution is 0.0243. The second-order valence-corrected chi connectivity index (χ2v) is 3.38. The number of carbonyl (C=O) groups is 1. The van der Waals surface area contributed by atoms with Gasteiger partial charge in [0.2, 0.25) is 0 Å². The van der Waals surface area contributed by atoms with Crippen molar-refractivity contribution in [3.8, 4) is 0 Å². The van der Waals surface area contributed by atoms with E-state index in [1.807, 2.05) is 6.92 Å². The molecule has 0 aromatic carbocycles. The van der Waals surface area contributed by atoms with E-state index in [4.69, 9.17) is 9.84 Å². The fourth-order valence-electron chi connectivity index (χ4n) is 1.67. The maximum absolute atomic E-state index is 10.8. The first-order valence-electron chi connectivity index (χ1n) is 4.63. The zero-order valence-electron chi connectivity index (χ0n) is 7.91. The minimum atomic E-state index is -0.973. The third-order valence-electron chi connectivity index (χ3n) is 2.51. The van der Waals surface area contributed by atoms with Crippen LogP contribution in [0.3, 0.4) is 0 Å². The molecule has 0 spiro atoms. The van der Waals surface area contributed by atoms with Crippen molar-refractivity contribution in [1.82, 2.24) is 10.2 Å². The van der Waals surface area contributed by atoms with Crippen molar-refractivity contribution in [2.45, 2.75) is 32.5 Å². The zero-order chi connectivity index (χ0) is 10.1. The molecular formula is C9H12N2O3. The van der Waals surface area contributed by atoms with Gasteiger partial charge in [-0.3, -0.25) is 5.10 Å². The topological polar surface area (TPSA) is 75.2 Å². The molecule has 0 fully saturated rings. The Morgan fingerprint density at radius 2 is 2.57 bits per heavy atom. The summed E-state index contributed by atoms with van der Waals surface area (Å²) in [5.74, 6) is -0.973.